The molecule has 4 aliphatic rings. The molecule has 3 heteroatoms. The summed E-state index contributed by atoms with van der Waals surface area (Å²) in [6.45, 7) is 11.8. The van der Waals surface area contributed by atoms with Crippen LogP contribution in [0.5, 0.6) is 0 Å². The number of benzene rings is 1. The standard InChI is InChI=1S/C34H50O3/c1-23(10-9-19-32(2,3)37-31(36)24-11-7-6-8-12-24)28-15-16-29-27-14-13-25-22-26(35)17-20-33(25,4)30(27)18-21-34(28,29)5/h6-8,11-14,23,25-30,35H,9-10,15-22H2,1-5H3/t23-,25?,26+,27+,28-,29+,30+,33+,34-/m1/s1. The van der Waals surface area contributed by atoms with Crippen molar-refractivity contribution in [2.24, 2.45) is 46.3 Å². The molecule has 0 amide bonds. The number of aliphatic hydroxyl groups is 1. The van der Waals surface area contributed by atoms with Gasteiger partial charge in [-0.2, -0.15) is 0 Å². The number of allylic oxidation sites excluding steroid dienone is 2. The van der Waals surface area contributed by atoms with Crippen LogP contribution < -0.4 is 0 Å². The molecule has 0 saturated heterocycles. The number of rotatable bonds is 7. The Balaban J connectivity index is 1.18. The van der Waals surface area contributed by atoms with Gasteiger partial charge in [-0.05, 0) is 130 Å². The number of aliphatic hydroxyl groups excluding tert-OH is 1. The molecule has 9 atom stereocenters. The monoisotopic (exact) mass is 506 g/mol. The summed E-state index contributed by atoms with van der Waals surface area (Å²) in [5.74, 6) is 4.17. The minimum Gasteiger partial charge on any atom is -0.456 e. The van der Waals surface area contributed by atoms with Crippen molar-refractivity contribution in [1.82, 2.24) is 0 Å². The summed E-state index contributed by atoms with van der Waals surface area (Å²) in [7, 11) is 0. The first-order valence-corrected chi connectivity index (χ1v) is 15.2. The van der Waals surface area contributed by atoms with Crippen LogP contribution in [-0.2, 0) is 4.74 Å². The summed E-state index contributed by atoms with van der Waals surface area (Å²) in [5, 5.41) is 10.3. The molecule has 1 unspecified atom stereocenters. The molecule has 3 saturated carbocycles. The molecule has 0 radical (unpaired) electrons. The first-order chi connectivity index (χ1) is 17.5. The molecule has 3 nitrogen and oxygen atoms in total. The molecule has 1 aromatic carbocycles. The van der Waals surface area contributed by atoms with Gasteiger partial charge in [0.25, 0.3) is 0 Å². The molecular weight excluding hydrogens is 456 g/mol. The number of carbonyl (C=O) groups is 1. The molecule has 0 aliphatic heterocycles. The van der Waals surface area contributed by atoms with Crippen LogP contribution >= 0.6 is 0 Å². The highest BCUT2D eigenvalue weighted by molar-refractivity contribution is 5.89. The fraction of sp³-hybridized carbons (Fsp3) is 0.735. The topological polar surface area (TPSA) is 46.5 Å². The van der Waals surface area contributed by atoms with Crippen molar-refractivity contribution in [3.8, 4) is 0 Å². The quantitative estimate of drug-likeness (QED) is 0.299. The molecular formula is C34H50O3. The van der Waals surface area contributed by atoms with Gasteiger partial charge in [0.05, 0.1) is 11.7 Å². The fourth-order valence-electron chi connectivity index (χ4n) is 9.56. The van der Waals surface area contributed by atoms with E-state index in [0.717, 1.165) is 49.4 Å². The van der Waals surface area contributed by atoms with E-state index in [4.69, 9.17) is 4.74 Å². The van der Waals surface area contributed by atoms with Crippen molar-refractivity contribution in [3.05, 3.63) is 48.0 Å². The van der Waals surface area contributed by atoms with E-state index in [1.165, 1.54) is 38.5 Å². The summed E-state index contributed by atoms with van der Waals surface area (Å²) in [6.07, 6.45) is 16.9. The third-order valence-electron chi connectivity index (χ3n) is 11.7. The van der Waals surface area contributed by atoms with E-state index in [1.807, 2.05) is 30.3 Å². The maximum Gasteiger partial charge on any atom is 0.338 e. The zero-order chi connectivity index (χ0) is 26.4. The molecule has 0 aromatic heterocycles. The van der Waals surface area contributed by atoms with Gasteiger partial charge in [-0.25, -0.2) is 4.79 Å². The van der Waals surface area contributed by atoms with Crippen LogP contribution in [-0.4, -0.2) is 22.8 Å². The van der Waals surface area contributed by atoms with Crippen molar-refractivity contribution >= 4 is 5.97 Å². The summed E-state index contributed by atoms with van der Waals surface area (Å²) in [6, 6.07) is 9.34. The third kappa shape index (κ3) is 5.07. The lowest BCUT2D eigenvalue weighted by Gasteiger charge is -2.59. The molecule has 1 aromatic rings. The number of ether oxygens (including phenoxy) is 1. The Morgan fingerprint density at radius 2 is 1.73 bits per heavy atom. The van der Waals surface area contributed by atoms with E-state index in [-0.39, 0.29) is 12.1 Å². The van der Waals surface area contributed by atoms with Gasteiger partial charge in [-0.1, -0.05) is 57.5 Å². The Morgan fingerprint density at radius 3 is 2.49 bits per heavy atom. The van der Waals surface area contributed by atoms with Crippen molar-refractivity contribution in [2.75, 3.05) is 0 Å². The second-order valence-electron chi connectivity index (χ2n) is 14.3. The largest absolute Gasteiger partial charge is 0.456 e. The van der Waals surface area contributed by atoms with Crippen LogP contribution in [0.15, 0.2) is 42.5 Å². The van der Waals surface area contributed by atoms with Gasteiger partial charge in [0.2, 0.25) is 0 Å². The third-order valence-corrected chi connectivity index (χ3v) is 11.7. The maximum atomic E-state index is 12.6. The average Bonchev–Trinajstić information content (AvgIpc) is 3.22. The Labute approximate surface area is 225 Å². The zero-order valence-electron chi connectivity index (χ0n) is 23.9. The smallest absolute Gasteiger partial charge is 0.338 e. The van der Waals surface area contributed by atoms with Gasteiger partial charge < -0.3 is 9.84 Å². The van der Waals surface area contributed by atoms with Gasteiger partial charge in [0.15, 0.2) is 0 Å². The van der Waals surface area contributed by atoms with E-state index in [0.29, 0.717) is 28.2 Å². The molecule has 5 rings (SSSR count). The summed E-state index contributed by atoms with van der Waals surface area (Å²) >= 11 is 0. The molecule has 204 valence electrons. The first kappa shape index (κ1) is 27.0. The second kappa shape index (κ2) is 10.2. The number of hydrogen-bond acceptors (Lipinski definition) is 3. The lowest BCUT2D eigenvalue weighted by atomic mass is 9.46. The van der Waals surface area contributed by atoms with Crippen LogP contribution in [0.1, 0.15) is 109 Å². The Morgan fingerprint density at radius 1 is 1.03 bits per heavy atom. The molecule has 0 heterocycles. The van der Waals surface area contributed by atoms with Crippen LogP contribution in [0, 0.1) is 46.3 Å². The number of hydrogen-bond donors (Lipinski definition) is 1. The number of carbonyl (C=O) groups excluding carboxylic acids is 1. The van der Waals surface area contributed by atoms with Crippen LogP contribution in [0.2, 0.25) is 0 Å². The predicted molar refractivity (Wildman–Crippen MR) is 150 cm³/mol. The van der Waals surface area contributed by atoms with Crippen molar-refractivity contribution in [3.63, 3.8) is 0 Å². The fourth-order valence-corrected chi connectivity index (χ4v) is 9.56. The van der Waals surface area contributed by atoms with Crippen LogP contribution in [0.4, 0.5) is 0 Å². The minimum atomic E-state index is -0.445. The van der Waals surface area contributed by atoms with Crippen LogP contribution in [0.3, 0.4) is 0 Å². The zero-order valence-corrected chi connectivity index (χ0v) is 23.9. The van der Waals surface area contributed by atoms with E-state index < -0.39 is 5.60 Å². The second-order valence-corrected chi connectivity index (χ2v) is 14.3. The van der Waals surface area contributed by atoms with Gasteiger partial charge in [0, 0.05) is 0 Å². The minimum absolute atomic E-state index is 0.100. The lowest BCUT2D eigenvalue weighted by molar-refractivity contribution is -0.0814. The molecule has 4 aliphatic carbocycles. The predicted octanol–water partition coefficient (Wildman–Crippen LogP) is 8.22. The molecule has 3 fully saturated rings. The highest BCUT2D eigenvalue weighted by Gasteiger charge is 2.59. The Hall–Kier alpha value is -1.61. The van der Waals surface area contributed by atoms with Crippen molar-refractivity contribution in [2.45, 2.75) is 111 Å². The van der Waals surface area contributed by atoms with Crippen molar-refractivity contribution < 1.29 is 14.6 Å². The highest BCUT2D eigenvalue weighted by atomic mass is 16.6. The lowest BCUT2D eigenvalue weighted by Crippen LogP contribution is -2.52. The maximum absolute atomic E-state index is 12.6. The average molecular weight is 507 g/mol. The molecule has 0 spiro atoms. The molecule has 1 N–H and O–H groups in total. The van der Waals surface area contributed by atoms with E-state index >= 15 is 0 Å². The highest BCUT2D eigenvalue weighted by Crippen LogP contribution is 2.67. The van der Waals surface area contributed by atoms with Gasteiger partial charge in [-0.15, -0.1) is 0 Å². The van der Waals surface area contributed by atoms with E-state index in [9.17, 15) is 9.90 Å². The van der Waals surface area contributed by atoms with E-state index in [1.54, 1.807) is 0 Å². The number of fused-ring (bicyclic) bond motifs is 5. The Kier molecular flexibility index (Phi) is 7.42. The Bertz CT molecular complexity index is 982. The summed E-state index contributed by atoms with van der Waals surface area (Å²) in [5.41, 5.74) is 1.01. The molecule has 37 heavy (non-hydrogen) atoms. The van der Waals surface area contributed by atoms with Gasteiger partial charge >= 0.3 is 5.97 Å². The van der Waals surface area contributed by atoms with Gasteiger partial charge in [0.1, 0.15) is 5.60 Å². The normalized spacial score (nSPS) is 39.8. The summed E-state index contributed by atoms with van der Waals surface area (Å²) < 4.78 is 5.89. The first-order valence-electron chi connectivity index (χ1n) is 15.2. The van der Waals surface area contributed by atoms with Gasteiger partial charge in [-0.3, -0.25) is 0 Å². The van der Waals surface area contributed by atoms with E-state index in [2.05, 4.69) is 46.8 Å². The van der Waals surface area contributed by atoms with Crippen molar-refractivity contribution in [1.29, 1.82) is 0 Å². The van der Waals surface area contributed by atoms with Crippen LogP contribution in [0.25, 0.3) is 0 Å². The summed E-state index contributed by atoms with van der Waals surface area (Å²) in [4.78, 5) is 12.6. The number of esters is 1. The molecule has 0 bridgehead atoms. The SMILES string of the molecule is C[C@H](CCCC(C)(C)OC(=O)c1ccccc1)[C@H]1CC[C@H]2[C@@H]3C=CC4C[C@@H](O)CC[C@]4(C)[C@H]3CC[C@]12C.